The molecule has 5 heteroatoms. The third-order valence-corrected chi connectivity index (χ3v) is 3.87. The normalized spacial score (nSPS) is 12.3. The molecule has 0 aromatic heterocycles. The molecule has 2 N–H and O–H groups in total. The van der Waals surface area contributed by atoms with Crippen LogP contribution in [0.1, 0.15) is 5.56 Å². The third-order valence-electron chi connectivity index (χ3n) is 2.48. The minimum Gasteiger partial charge on any atom is -0.398 e. The number of anilines is 1. The van der Waals surface area contributed by atoms with Crippen LogP contribution in [0.4, 0.5) is 14.5 Å². The van der Waals surface area contributed by atoms with E-state index in [0.29, 0.717) is 5.56 Å². The van der Waals surface area contributed by atoms with Crippen molar-refractivity contribution in [3.63, 3.8) is 0 Å². The zero-order valence-electron chi connectivity index (χ0n) is 9.40. The van der Waals surface area contributed by atoms with Gasteiger partial charge in [-0.3, -0.25) is 4.21 Å². The molecule has 0 radical (unpaired) electrons. The minimum absolute atomic E-state index is 0.0625. The van der Waals surface area contributed by atoms with Crippen LogP contribution in [0, 0.1) is 11.6 Å². The summed E-state index contributed by atoms with van der Waals surface area (Å²) in [7, 11) is -1.54. The van der Waals surface area contributed by atoms with Crippen molar-refractivity contribution in [2.45, 2.75) is 10.6 Å². The van der Waals surface area contributed by atoms with Crippen molar-refractivity contribution in [2.24, 2.45) is 0 Å². The monoisotopic (exact) mass is 267 g/mol. The fraction of sp³-hybridized carbons (Fsp3) is 0.0769. The van der Waals surface area contributed by atoms with Crippen molar-refractivity contribution in [3.05, 3.63) is 59.7 Å². The Balaban J connectivity index is 2.24. The maximum atomic E-state index is 13.4. The van der Waals surface area contributed by atoms with E-state index in [1.807, 2.05) is 0 Å². The Morgan fingerprint density at radius 1 is 1.11 bits per heavy atom. The summed E-state index contributed by atoms with van der Waals surface area (Å²) in [5.74, 6) is -0.906. The summed E-state index contributed by atoms with van der Waals surface area (Å²) in [5, 5.41) is 0. The van der Waals surface area contributed by atoms with Gasteiger partial charge in [-0.05, 0) is 29.8 Å². The van der Waals surface area contributed by atoms with E-state index in [1.165, 1.54) is 30.3 Å². The van der Waals surface area contributed by atoms with Crippen molar-refractivity contribution < 1.29 is 13.0 Å². The van der Waals surface area contributed by atoms with Gasteiger partial charge in [0, 0.05) is 5.69 Å². The number of rotatable bonds is 3. The predicted molar refractivity (Wildman–Crippen MR) is 67.3 cm³/mol. The maximum Gasteiger partial charge on any atom is 0.139 e. The SMILES string of the molecule is Nc1cc(F)ccc1CS(=O)c1ccccc1F. The number of benzene rings is 2. The summed E-state index contributed by atoms with van der Waals surface area (Å²) in [6.45, 7) is 0. The fourth-order valence-electron chi connectivity index (χ4n) is 1.55. The van der Waals surface area contributed by atoms with Gasteiger partial charge >= 0.3 is 0 Å². The summed E-state index contributed by atoms with van der Waals surface area (Å²) in [6.07, 6.45) is 0. The second-order valence-electron chi connectivity index (χ2n) is 3.76. The Morgan fingerprint density at radius 2 is 1.83 bits per heavy atom. The summed E-state index contributed by atoms with van der Waals surface area (Å²) in [6, 6.07) is 9.72. The van der Waals surface area contributed by atoms with E-state index < -0.39 is 22.4 Å². The van der Waals surface area contributed by atoms with E-state index in [9.17, 15) is 13.0 Å². The number of hydrogen-bond donors (Lipinski definition) is 1. The Bertz CT molecular complexity index is 601. The number of hydrogen-bond acceptors (Lipinski definition) is 2. The molecule has 2 nitrogen and oxygen atoms in total. The van der Waals surface area contributed by atoms with Crippen LogP contribution in [0.2, 0.25) is 0 Å². The van der Waals surface area contributed by atoms with Crippen LogP contribution in [0.15, 0.2) is 47.4 Å². The predicted octanol–water partition coefficient (Wildman–Crippen LogP) is 2.85. The molecule has 0 fully saturated rings. The average Bonchev–Trinajstić information content (AvgIpc) is 2.33. The summed E-state index contributed by atoms with van der Waals surface area (Å²) in [4.78, 5) is 0.126. The summed E-state index contributed by atoms with van der Waals surface area (Å²) < 4.78 is 38.3. The van der Waals surface area contributed by atoms with Gasteiger partial charge in [0.2, 0.25) is 0 Å². The molecule has 0 bridgehead atoms. The lowest BCUT2D eigenvalue weighted by Gasteiger charge is -2.06. The van der Waals surface area contributed by atoms with E-state index >= 15 is 0 Å². The molecule has 2 aromatic carbocycles. The molecule has 1 unspecified atom stereocenters. The van der Waals surface area contributed by atoms with Gasteiger partial charge in [-0.1, -0.05) is 18.2 Å². The molecule has 1 atom stereocenters. The van der Waals surface area contributed by atoms with E-state index in [0.717, 1.165) is 6.07 Å². The zero-order valence-corrected chi connectivity index (χ0v) is 10.2. The Morgan fingerprint density at radius 3 is 2.50 bits per heavy atom. The molecule has 0 aliphatic rings. The second kappa shape index (κ2) is 5.27. The van der Waals surface area contributed by atoms with Crippen molar-refractivity contribution in [1.29, 1.82) is 0 Å². The average molecular weight is 267 g/mol. The largest absolute Gasteiger partial charge is 0.398 e. The van der Waals surface area contributed by atoms with Crippen LogP contribution in [-0.2, 0) is 16.6 Å². The molecular weight excluding hydrogens is 256 g/mol. The van der Waals surface area contributed by atoms with Crippen LogP contribution in [0.5, 0.6) is 0 Å². The highest BCUT2D eigenvalue weighted by Crippen LogP contribution is 2.20. The van der Waals surface area contributed by atoms with Crippen LogP contribution < -0.4 is 5.73 Å². The highest BCUT2D eigenvalue weighted by molar-refractivity contribution is 7.84. The number of halogens is 2. The van der Waals surface area contributed by atoms with Gasteiger partial charge in [0.15, 0.2) is 0 Å². The molecular formula is C13H11F2NOS. The third kappa shape index (κ3) is 2.73. The molecule has 2 rings (SSSR count). The summed E-state index contributed by atoms with van der Waals surface area (Å²) in [5.41, 5.74) is 6.38. The van der Waals surface area contributed by atoms with Gasteiger partial charge in [0.05, 0.1) is 21.4 Å². The molecule has 0 amide bonds. The molecule has 94 valence electrons. The molecule has 0 aliphatic carbocycles. The van der Waals surface area contributed by atoms with E-state index in [-0.39, 0.29) is 16.3 Å². The quantitative estimate of drug-likeness (QED) is 0.869. The highest BCUT2D eigenvalue weighted by atomic mass is 32.2. The first-order valence-corrected chi connectivity index (χ1v) is 6.56. The van der Waals surface area contributed by atoms with Crippen molar-refractivity contribution >= 4 is 16.5 Å². The Kier molecular flexibility index (Phi) is 3.72. The van der Waals surface area contributed by atoms with Crippen molar-refractivity contribution in [2.75, 3.05) is 5.73 Å². The van der Waals surface area contributed by atoms with Crippen LogP contribution in [-0.4, -0.2) is 4.21 Å². The second-order valence-corrected chi connectivity index (χ2v) is 5.18. The molecule has 18 heavy (non-hydrogen) atoms. The Labute approximate surface area is 106 Å². The van der Waals surface area contributed by atoms with Gasteiger partial charge in [0.25, 0.3) is 0 Å². The topological polar surface area (TPSA) is 43.1 Å². The van der Waals surface area contributed by atoms with Crippen molar-refractivity contribution in [3.8, 4) is 0 Å². The molecule has 2 aromatic rings. The highest BCUT2D eigenvalue weighted by Gasteiger charge is 2.11. The van der Waals surface area contributed by atoms with E-state index in [1.54, 1.807) is 6.07 Å². The van der Waals surface area contributed by atoms with Gasteiger partial charge in [0.1, 0.15) is 11.6 Å². The Hall–Kier alpha value is -1.75. The lowest BCUT2D eigenvalue weighted by Crippen LogP contribution is -2.02. The molecule has 0 aliphatic heterocycles. The lowest BCUT2D eigenvalue weighted by molar-refractivity contribution is 0.595. The van der Waals surface area contributed by atoms with E-state index in [4.69, 9.17) is 5.73 Å². The van der Waals surface area contributed by atoms with E-state index in [2.05, 4.69) is 0 Å². The molecule has 0 heterocycles. The van der Waals surface area contributed by atoms with Gasteiger partial charge in [-0.25, -0.2) is 8.78 Å². The van der Waals surface area contributed by atoms with Gasteiger partial charge in [-0.15, -0.1) is 0 Å². The van der Waals surface area contributed by atoms with Crippen LogP contribution in [0.25, 0.3) is 0 Å². The lowest BCUT2D eigenvalue weighted by atomic mass is 10.2. The first kappa shape index (κ1) is 12.7. The molecule has 0 spiro atoms. The molecule has 0 saturated carbocycles. The molecule has 0 saturated heterocycles. The van der Waals surface area contributed by atoms with Crippen molar-refractivity contribution in [1.82, 2.24) is 0 Å². The number of nitrogen functional groups attached to an aromatic ring is 1. The smallest absolute Gasteiger partial charge is 0.139 e. The fourth-order valence-corrected chi connectivity index (χ4v) is 2.76. The first-order chi connectivity index (χ1) is 8.58. The van der Waals surface area contributed by atoms with Gasteiger partial charge in [-0.2, -0.15) is 0 Å². The zero-order chi connectivity index (χ0) is 13.1. The maximum absolute atomic E-state index is 13.4. The summed E-state index contributed by atoms with van der Waals surface area (Å²) >= 11 is 0. The van der Waals surface area contributed by atoms with Crippen LogP contribution in [0.3, 0.4) is 0 Å². The van der Waals surface area contributed by atoms with Gasteiger partial charge < -0.3 is 5.73 Å². The minimum atomic E-state index is -1.54. The number of nitrogens with two attached hydrogens (primary N) is 1. The standard InChI is InChI=1S/C13H11F2NOS/c14-10-6-5-9(12(16)7-10)8-18(17)13-4-2-1-3-11(13)15/h1-7H,8,16H2. The van der Waals surface area contributed by atoms with Crippen LogP contribution >= 0.6 is 0 Å². The first-order valence-electron chi connectivity index (χ1n) is 5.25.